The normalized spacial score (nSPS) is 22.3. The summed E-state index contributed by atoms with van der Waals surface area (Å²) in [5.74, 6) is -0.365. The maximum Gasteiger partial charge on any atom is 0.254 e. The van der Waals surface area contributed by atoms with Crippen molar-refractivity contribution in [2.45, 2.75) is 26.1 Å². The maximum atomic E-state index is 13.5. The first-order valence-electron chi connectivity index (χ1n) is 5.87. The van der Waals surface area contributed by atoms with E-state index >= 15 is 0 Å². The molecule has 2 atom stereocenters. The first kappa shape index (κ1) is 12.0. The van der Waals surface area contributed by atoms with E-state index in [0.29, 0.717) is 18.7 Å². The Morgan fingerprint density at radius 1 is 1.35 bits per heavy atom. The molecule has 1 fully saturated rings. The van der Waals surface area contributed by atoms with E-state index in [-0.39, 0.29) is 11.7 Å². The summed E-state index contributed by atoms with van der Waals surface area (Å²) in [5.41, 5.74) is 0.470. The highest BCUT2D eigenvalue weighted by Gasteiger charge is 2.48. The van der Waals surface area contributed by atoms with E-state index in [1.54, 1.807) is 23.1 Å². The van der Waals surface area contributed by atoms with Gasteiger partial charge in [0.25, 0.3) is 5.91 Å². The number of epoxide rings is 1. The molecule has 1 saturated heterocycles. The van der Waals surface area contributed by atoms with Gasteiger partial charge in [0.05, 0.1) is 0 Å². The molecule has 0 spiro atoms. The van der Waals surface area contributed by atoms with Gasteiger partial charge < -0.3 is 9.64 Å². The Bertz CT molecular complexity index is 418. The number of amides is 1. The molecule has 0 bridgehead atoms. The van der Waals surface area contributed by atoms with Crippen molar-refractivity contribution < 1.29 is 13.9 Å². The van der Waals surface area contributed by atoms with Gasteiger partial charge in [-0.25, -0.2) is 4.39 Å². The minimum atomic E-state index is -0.508. The lowest BCUT2D eigenvalue weighted by atomic mass is 10.1. The monoisotopic (exact) mass is 237 g/mol. The summed E-state index contributed by atoms with van der Waals surface area (Å²) < 4.78 is 18.8. The predicted octanol–water partition coefficient (Wildman–Crippen LogP) is 2.13. The minimum Gasteiger partial charge on any atom is -0.354 e. The Balaban J connectivity index is 2.06. The molecule has 1 amide bonds. The second kappa shape index (κ2) is 4.84. The van der Waals surface area contributed by atoms with Gasteiger partial charge in [-0.1, -0.05) is 18.2 Å². The summed E-state index contributed by atoms with van der Waals surface area (Å²) in [7, 11) is 0. The topological polar surface area (TPSA) is 32.8 Å². The van der Waals surface area contributed by atoms with E-state index in [9.17, 15) is 9.18 Å². The molecule has 0 aliphatic carbocycles. The van der Waals surface area contributed by atoms with Gasteiger partial charge >= 0.3 is 0 Å². The third-order valence-electron chi connectivity index (χ3n) is 3.02. The fourth-order valence-electron chi connectivity index (χ4n) is 1.96. The molecule has 3 nitrogen and oxygen atoms in total. The fourth-order valence-corrected chi connectivity index (χ4v) is 1.96. The summed E-state index contributed by atoms with van der Waals surface area (Å²) in [6.45, 7) is 5.14. The Hall–Kier alpha value is -1.42. The average molecular weight is 237 g/mol. The van der Waals surface area contributed by atoms with Crippen LogP contribution in [0.15, 0.2) is 24.3 Å². The molecule has 0 unspecified atom stereocenters. The highest BCUT2D eigenvalue weighted by Crippen LogP contribution is 2.40. The van der Waals surface area contributed by atoms with Crippen LogP contribution < -0.4 is 0 Å². The molecule has 17 heavy (non-hydrogen) atoms. The molecule has 0 N–H and O–H groups in total. The van der Waals surface area contributed by atoms with E-state index in [2.05, 4.69) is 0 Å². The summed E-state index contributed by atoms with van der Waals surface area (Å²) in [5, 5.41) is 0. The number of benzene rings is 1. The van der Waals surface area contributed by atoms with Crippen molar-refractivity contribution >= 4 is 5.91 Å². The first-order chi connectivity index (χ1) is 8.19. The zero-order valence-electron chi connectivity index (χ0n) is 10.0. The third kappa shape index (κ3) is 2.31. The van der Waals surface area contributed by atoms with Crippen molar-refractivity contribution in [2.75, 3.05) is 13.1 Å². The maximum absolute atomic E-state index is 13.5. The quantitative estimate of drug-likeness (QED) is 0.751. The van der Waals surface area contributed by atoms with Crippen LogP contribution in [0.5, 0.6) is 0 Å². The second-order valence-electron chi connectivity index (χ2n) is 4.01. The standard InChI is InChI=1S/C13H16FNO2/c1-3-15(4-2)13(16)12-11(17-12)9-7-5-6-8-10(9)14/h5-8,11-12H,3-4H2,1-2H3/t11-,12+/m0/s1. The van der Waals surface area contributed by atoms with Crippen LogP contribution in [0.3, 0.4) is 0 Å². The Morgan fingerprint density at radius 3 is 2.59 bits per heavy atom. The molecule has 1 aromatic rings. The van der Waals surface area contributed by atoms with Gasteiger partial charge in [-0.15, -0.1) is 0 Å². The minimum absolute atomic E-state index is 0.0525. The largest absolute Gasteiger partial charge is 0.354 e. The van der Waals surface area contributed by atoms with Gasteiger partial charge in [0.1, 0.15) is 11.9 Å². The van der Waals surface area contributed by atoms with Gasteiger partial charge in [0.2, 0.25) is 0 Å². The molecule has 1 aliphatic heterocycles. The molecular formula is C13H16FNO2. The summed E-state index contributed by atoms with van der Waals surface area (Å²) in [6.07, 6.45) is -0.920. The van der Waals surface area contributed by atoms with Crippen LogP contribution in [0.2, 0.25) is 0 Å². The summed E-state index contributed by atoms with van der Waals surface area (Å²) >= 11 is 0. The number of carbonyl (C=O) groups is 1. The summed E-state index contributed by atoms with van der Waals surface area (Å²) in [4.78, 5) is 13.6. The SMILES string of the molecule is CCN(CC)C(=O)[C@@H]1O[C@H]1c1ccccc1F. The molecule has 92 valence electrons. The lowest BCUT2D eigenvalue weighted by molar-refractivity contribution is -0.132. The molecule has 0 aromatic heterocycles. The summed E-state index contributed by atoms with van der Waals surface area (Å²) in [6, 6.07) is 6.42. The molecule has 4 heteroatoms. The molecule has 2 rings (SSSR count). The zero-order chi connectivity index (χ0) is 12.4. The lowest BCUT2D eigenvalue weighted by Crippen LogP contribution is -2.34. The smallest absolute Gasteiger partial charge is 0.254 e. The highest BCUT2D eigenvalue weighted by molar-refractivity contribution is 5.84. The van der Waals surface area contributed by atoms with E-state index in [1.165, 1.54) is 6.07 Å². The molecule has 0 saturated carbocycles. The van der Waals surface area contributed by atoms with Crippen molar-refractivity contribution in [3.8, 4) is 0 Å². The van der Waals surface area contributed by atoms with Gasteiger partial charge in [-0.3, -0.25) is 4.79 Å². The zero-order valence-corrected chi connectivity index (χ0v) is 10.0. The highest BCUT2D eigenvalue weighted by atomic mass is 19.1. The van der Waals surface area contributed by atoms with Crippen LogP contribution in [0.25, 0.3) is 0 Å². The molecule has 1 aromatic carbocycles. The number of halogens is 1. The Morgan fingerprint density at radius 2 is 2.00 bits per heavy atom. The van der Waals surface area contributed by atoms with E-state index in [4.69, 9.17) is 4.74 Å². The second-order valence-corrected chi connectivity index (χ2v) is 4.01. The van der Waals surface area contributed by atoms with E-state index < -0.39 is 12.2 Å². The van der Waals surface area contributed by atoms with Crippen molar-refractivity contribution in [1.29, 1.82) is 0 Å². The fraction of sp³-hybridized carbons (Fsp3) is 0.462. The van der Waals surface area contributed by atoms with E-state index in [1.807, 2.05) is 13.8 Å². The molecule has 0 radical (unpaired) electrons. The number of rotatable bonds is 4. The van der Waals surface area contributed by atoms with E-state index in [0.717, 1.165) is 0 Å². The van der Waals surface area contributed by atoms with Crippen molar-refractivity contribution in [3.63, 3.8) is 0 Å². The van der Waals surface area contributed by atoms with Crippen LogP contribution in [0.4, 0.5) is 4.39 Å². The van der Waals surface area contributed by atoms with Crippen LogP contribution in [-0.4, -0.2) is 30.0 Å². The predicted molar refractivity (Wildman–Crippen MR) is 61.9 cm³/mol. The molecular weight excluding hydrogens is 221 g/mol. The van der Waals surface area contributed by atoms with Crippen LogP contribution in [0, 0.1) is 5.82 Å². The van der Waals surface area contributed by atoms with Crippen molar-refractivity contribution in [1.82, 2.24) is 4.90 Å². The number of hydrogen-bond donors (Lipinski definition) is 0. The van der Waals surface area contributed by atoms with Gasteiger partial charge in [0.15, 0.2) is 6.10 Å². The van der Waals surface area contributed by atoms with Crippen molar-refractivity contribution in [3.05, 3.63) is 35.6 Å². The van der Waals surface area contributed by atoms with Gasteiger partial charge in [-0.2, -0.15) is 0 Å². The number of hydrogen-bond acceptors (Lipinski definition) is 2. The number of nitrogens with zero attached hydrogens (tertiary/aromatic N) is 1. The lowest BCUT2D eigenvalue weighted by Gasteiger charge is -2.17. The Kier molecular flexibility index (Phi) is 3.43. The third-order valence-corrected chi connectivity index (χ3v) is 3.02. The van der Waals surface area contributed by atoms with Crippen LogP contribution in [0.1, 0.15) is 25.5 Å². The Labute approximate surface area is 100 Å². The van der Waals surface area contributed by atoms with Gasteiger partial charge in [-0.05, 0) is 19.9 Å². The number of ether oxygens (including phenoxy) is 1. The number of likely N-dealkylation sites (N-methyl/N-ethyl adjacent to an activating group) is 1. The average Bonchev–Trinajstić information content (AvgIpc) is 3.11. The molecule has 1 aliphatic rings. The first-order valence-corrected chi connectivity index (χ1v) is 5.87. The van der Waals surface area contributed by atoms with Crippen LogP contribution >= 0.6 is 0 Å². The van der Waals surface area contributed by atoms with Gasteiger partial charge in [0, 0.05) is 18.7 Å². The number of carbonyl (C=O) groups excluding carboxylic acids is 1. The van der Waals surface area contributed by atoms with Crippen molar-refractivity contribution in [2.24, 2.45) is 0 Å². The molecule has 1 heterocycles. The van der Waals surface area contributed by atoms with Crippen LogP contribution in [-0.2, 0) is 9.53 Å².